The van der Waals surface area contributed by atoms with Crippen molar-refractivity contribution in [3.8, 4) is 0 Å². The third-order valence-corrected chi connectivity index (χ3v) is 9.53. The predicted molar refractivity (Wildman–Crippen MR) is 149 cm³/mol. The van der Waals surface area contributed by atoms with Crippen LogP contribution in [0, 0.1) is 13.8 Å². The molecule has 0 saturated carbocycles. The molecule has 2 rings (SSSR count). The lowest BCUT2D eigenvalue weighted by atomic mass is 10.1. The maximum Gasteiger partial charge on any atom is 0.178 e. The molecule has 2 aromatic heterocycles. The van der Waals surface area contributed by atoms with Gasteiger partial charge in [-0.15, -0.1) is 0 Å². The van der Waals surface area contributed by atoms with Gasteiger partial charge in [0, 0.05) is 88.1 Å². The minimum Gasteiger partial charge on any atom is -1.00 e. The highest BCUT2D eigenvalue weighted by atomic mass is 79.9. The number of quaternary nitrogens is 2. The first kappa shape index (κ1) is 43.3. The number of aromatic nitrogens is 2. The van der Waals surface area contributed by atoms with E-state index in [1.807, 2.05) is 0 Å². The van der Waals surface area contributed by atoms with E-state index in [4.69, 9.17) is 0 Å². The minimum absolute atomic E-state index is 0. The van der Waals surface area contributed by atoms with Crippen molar-refractivity contribution >= 4 is 21.6 Å². The molecule has 0 radical (unpaired) electrons. The quantitative estimate of drug-likeness (QED) is 0.0939. The summed E-state index contributed by atoms with van der Waals surface area (Å²) in [6.07, 6.45) is 12.2. The van der Waals surface area contributed by atoms with Crippen LogP contribution < -0.4 is 86.9 Å². The van der Waals surface area contributed by atoms with Crippen molar-refractivity contribution in [3.05, 3.63) is 60.2 Å². The molecule has 2 heterocycles. The Hall–Kier alpha value is 0.840. The molecule has 2 aromatic rings. The number of nitrogens with one attached hydrogen (secondary N) is 2. The summed E-state index contributed by atoms with van der Waals surface area (Å²) in [4.78, 5) is 3.20. The summed E-state index contributed by atoms with van der Waals surface area (Å²) in [7, 11) is 13.5. The summed E-state index contributed by atoms with van der Waals surface area (Å²) in [5.41, 5.74) is 2.71. The Bertz CT molecular complexity index is 763. The van der Waals surface area contributed by atoms with E-state index in [2.05, 4.69) is 122 Å². The SMILES string of the molecule is Cc1cccc[n+]1CCCC(CCSSCCC(CCC[n+]1ccccc1C)[NH+](C)C)[NH+](C)C.[Br-].[Br-].[Br-].[Br-]. The average molecular weight is 826 g/mol. The van der Waals surface area contributed by atoms with Gasteiger partial charge in [0.15, 0.2) is 23.8 Å². The maximum absolute atomic E-state index is 2.38. The molecule has 0 fully saturated rings. The summed E-state index contributed by atoms with van der Waals surface area (Å²) in [5, 5.41) is 0. The first-order valence-corrected chi connectivity index (χ1v) is 15.6. The zero-order valence-electron chi connectivity index (χ0n) is 24.1. The molecule has 2 unspecified atom stereocenters. The fraction of sp³-hybridized carbons (Fsp3) is 0.643. The van der Waals surface area contributed by atoms with Gasteiger partial charge in [0.1, 0.15) is 13.1 Å². The Morgan fingerprint density at radius 2 is 0.974 bits per heavy atom. The monoisotopic (exact) mass is 822 g/mol. The number of hydrogen-bond donors (Lipinski definition) is 2. The van der Waals surface area contributed by atoms with E-state index < -0.39 is 0 Å². The lowest BCUT2D eigenvalue weighted by Gasteiger charge is -2.21. The molecule has 38 heavy (non-hydrogen) atoms. The molecule has 0 bridgehead atoms. The number of pyridine rings is 2. The molecule has 0 aliphatic heterocycles. The van der Waals surface area contributed by atoms with Crippen LogP contribution in [0.3, 0.4) is 0 Å². The van der Waals surface area contributed by atoms with Gasteiger partial charge in [-0.1, -0.05) is 33.7 Å². The number of rotatable bonds is 17. The average Bonchev–Trinajstić information content (AvgIpc) is 2.80. The van der Waals surface area contributed by atoms with Crippen molar-refractivity contribution in [1.29, 1.82) is 0 Å². The third kappa shape index (κ3) is 17.6. The van der Waals surface area contributed by atoms with Crippen molar-refractivity contribution in [2.75, 3.05) is 39.7 Å². The lowest BCUT2D eigenvalue weighted by Crippen LogP contribution is -3.10. The summed E-state index contributed by atoms with van der Waals surface area (Å²) in [6, 6.07) is 14.5. The van der Waals surface area contributed by atoms with E-state index in [1.165, 1.54) is 61.4 Å². The van der Waals surface area contributed by atoms with Gasteiger partial charge >= 0.3 is 0 Å². The van der Waals surface area contributed by atoms with Crippen LogP contribution in [0.2, 0.25) is 0 Å². The summed E-state index contributed by atoms with van der Waals surface area (Å²) >= 11 is 0. The highest BCUT2D eigenvalue weighted by molar-refractivity contribution is 8.76. The van der Waals surface area contributed by atoms with Crippen LogP contribution in [0.5, 0.6) is 0 Å². The number of aryl methyl sites for hydroxylation is 4. The van der Waals surface area contributed by atoms with E-state index in [-0.39, 0.29) is 67.9 Å². The molecule has 0 spiro atoms. The van der Waals surface area contributed by atoms with Crippen molar-refractivity contribution in [2.45, 2.75) is 77.5 Å². The summed E-state index contributed by atoms with van der Waals surface area (Å²) in [6.45, 7) is 6.67. The van der Waals surface area contributed by atoms with E-state index in [9.17, 15) is 0 Å². The van der Waals surface area contributed by atoms with Gasteiger partial charge in [0.2, 0.25) is 0 Å². The van der Waals surface area contributed by atoms with Crippen molar-refractivity contribution < 1.29 is 86.9 Å². The summed E-state index contributed by atoms with van der Waals surface area (Å²) in [5.74, 6) is 2.53. The molecule has 0 saturated heterocycles. The fourth-order valence-electron chi connectivity index (χ4n) is 4.58. The molecule has 0 aromatic carbocycles. The first-order valence-electron chi connectivity index (χ1n) is 13.1. The van der Waals surface area contributed by atoms with Crippen molar-refractivity contribution in [3.63, 3.8) is 0 Å². The number of halogens is 4. The highest BCUT2D eigenvalue weighted by Crippen LogP contribution is 2.24. The van der Waals surface area contributed by atoms with Gasteiger partial charge in [-0.3, -0.25) is 0 Å². The van der Waals surface area contributed by atoms with Crippen LogP contribution in [-0.4, -0.2) is 51.8 Å². The van der Waals surface area contributed by atoms with Gasteiger partial charge in [-0.25, -0.2) is 9.13 Å². The van der Waals surface area contributed by atoms with E-state index in [0.717, 1.165) is 25.2 Å². The lowest BCUT2D eigenvalue weighted by molar-refractivity contribution is -0.886. The Labute approximate surface area is 283 Å². The molecule has 0 amide bonds. The first-order chi connectivity index (χ1) is 16.4. The fourth-order valence-corrected chi connectivity index (χ4v) is 6.86. The van der Waals surface area contributed by atoms with E-state index in [0.29, 0.717) is 0 Å². The molecule has 0 aliphatic rings. The van der Waals surface area contributed by atoms with Crippen LogP contribution in [0.15, 0.2) is 48.8 Å². The zero-order chi connectivity index (χ0) is 24.8. The van der Waals surface area contributed by atoms with E-state index in [1.54, 1.807) is 9.80 Å². The molecule has 222 valence electrons. The Balaban J connectivity index is -0.00000306. The van der Waals surface area contributed by atoms with Crippen molar-refractivity contribution in [1.82, 2.24) is 0 Å². The molecule has 2 atom stereocenters. The maximum atomic E-state index is 2.38. The number of hydrogen-bond acceptors (Lipinski definition) is 2. The predicted octanol–water partition coefficient (Wildman–Crippen LogP) is -9.66. The van der Waals surface area contributed by atoms with Gasteiger partial charge in [-0.2, -0.15) is 0 Å². The standard InChI is InChI=1S/C28H48N4S2.4BrH/c1-25-13-7-9-19-31(25)21-11-15-27(29(3)4)17-23-33-34-24-18-28(30(5)6)16-12-22-32-20-10-8-14-26(32)2;;;;/h7-10,13-14,19-20,27-28H,11-12,15-18,21-24H2,1-6H3;4*1H/q+2;;;;/p-2. The molecular formula is C28H50Br4N4S2. The molecule has 0 aliphatic carbocycles. The largest absolute Gasteiger partial charge is 1.00 e. The highest BCUT2D eigenvalue weighted by Gasteiger charge is 2.18. The van der Waals surface area contributed by atoms with Gasteiger partial charge in [0.05, 0.1) is 40.3 Å². The van der Waals surface area contributed by atoms with Gasteiger partial charge in [-0.05, 0) is 0 Å². The van der Waals surface area contributed by atoms with Crippen molar-refractivity contribution in [2.24, 2.45) is 0 Å². The Kier molecular flexibility index (Phi) is 29.1. The van der Waals surface area contributed by atoms with Crippen LogP contribution in [0.25, 0.3) is 0 Å². The third-order valence-electron chi connectivity index (χ3n) is 7.05. The molecule has 2 N–H and O–H groups in total. The van der Waals surface area contributed by atoms with Gasteiger partial charge in [0.25, 0.3) is 0 Å². The number of nitrogens with zero attached hydrogens (tertiary/aromatic N) is 2. The molecule has 4 nitrogen and oxygen atoms in total. The molecular weight excluding hydrogens is 776 g/mol. The Morgan fingerprint density at radius 1 is 0.605 bits per heavy atom. The van der Waals surface area contributed by atoms with Crippen LogP contribution in [0.4, 0.5) is 0 Å². The molecule has 10 heteroatoms. The minimum atomic E-state index is 0. The second kappa shape index (κ2) is 25.5. The smallest absolute Gasteiger partial charge is 0.178 e. The zero-order valence-corrected chi connectivity index (χ0v) is 32.0. The van der Waals surface area contributed by atoms with E-state index >= 15 is 0 Å². The second-order valence-corrected chi connectivity index (χ2v) is 12.8. The Morgan fingerprint density at radius 3 is 1.29 bits per heavy atom. The normalized spacial score (nSPS) is 12.1. The van der Waals surface area contributed by atoms with Crippen LogP contribution in [-0.2, 0) is 13.1 Å². The summed E-state index contributed by atoms with van der Waals surface area (Å²) < 4.78 is 4.77. The second-order valence-electron chi connectivity index (χ2n) is 10.1. The van der Waals surface area contributed by atoms with Gasteiger partial charge < -0.3 is 77.7 Å². The van der Waals surface area contributed by atoms with Crippen LogP contribution >= 0.6 is 21.6 Å². The topological polar surface area (TPSA) is 16.6 Å². The van der Waals surface area contributed by atoms with Crippen LogP contribution in [0.1, 0.15) is 49.9 Å².